The Morgan fingerprint density at radius 1 is 0.932 bits per heavy atom. The fourth-order valence-corrected chi connectivity index (χ4v) is 6.32. The normalized spacial score (nSPS) is 11.6. The van der Waals surface area contributed by atoms with E-state index in [2.05, 4.69) is 67.9 Å². The predicted octanol–water partition coefficient (Wildman–Crippen LogP) is 8.80. The Kier molecular flexibility index (Phi) is 7.65. The molecule has 0 aliphatic carbocycles. The van der Waals surface area contributed by atoms with Gasteiger partial charge in [-0.3, -0.25) is 4.79 Å². The number of methoxy groups -OCH3 is 1. The summed E-state index contributed by atoms with van der Waals surface area (Å²) in [5, 5.41) is 8.26. The Balaban J connectivity index is 1.26. The van der Waals surface area contributed by atoms with Gasteiger partial charge in [-0.2, -0.15) is 9.78 Å². The summed E-state index contributed by atoms with van der Waals surface area (Å²) < 4.78 is 21.2. The van der Waals surface area contributed by atoms with Gasteiger partial charge in [0.05, 0.1) is 27.8 Å². The Hall–Kier alpha value is -4.48. The van der Waals surface area contributed by atoms with Gasteiger partial charge >= 0.3 is 0 Å². The van der Waals surface area contributed by atoms with Gasteiger partial charge in [-0.25, -0.2) is 4.98 Å². The second-order valence-corrected chi connectivity index (χ2v) is 12.1. The molecule has 0 saturated heterocycles. The van der Waals surface area contributed by atoms with Crippen molar-refractivity contribution in [2.75, 3.05) is 7.11 Å². The molecular weight excluding hydrogens is 733 g/mol. The Labute approximate surface area is 274 Å². The van der Waals surface area contributed by atoms with Crippen LogP contribution in [0.4, 0.5) is 0 Å². The number of rotatable bonds is 7. The van der Waals surface area contributed by atoms with Crippen LogP contribution in [0.25, 0.3) is 44.2 Å². The van der Waals surface area contributed by atoms with Crippen molar-refractivity contribution in [3.05, 3.63) is 133 Å². The number of halogens is 2. The van der Waals surface area contributed by atoms with E-state index in [1.165, 1.54) is 4.68 Å². The summed E-state index contributed by atoms with van der Waals surface area (Å²) in [5.74, 6) is 1.93. The van der Waals surface area contributed by atoms with E-state index in [0.717, 1.165) is 35.3 Å². The molecule has 0 aliphatic heterocycles. The van der Waals surface area contributed by atoms with Crippen LogP contribution in [0.3, 0.4) is 0 Å². The smallest absolute Gasteiger partial charge is 0.282 e. The first kappa shape index (κ1) is 28.3. The van der Waals surface area contributed by atoms with Crippen molar-refractivity contribution in [1.82, 2.24) is 9.66 Å². The molecule has 0 fully saturated rings. The molecule has 0 aliphatic rings. The number of nitrogens with zero attached hydrogens (tertiary/aromatic N) is 3. The quantitative estimate of drug-likeness (QED) is 0.120. The van der Waals surface area contributed by atoms with Crippen LogP contribution in [0.2, 0.25) is 0 Å². The van der Waals surface area contributed by atoms with Gasteiger partial charge in [-0.05, 0) is 93.0 Å². The molecule has 0 bridgehead atoms. The standard InChI is InChI=1S/C35H23BrIN3O4/c1-42-31-16-21(15-28(37)33(31)43-20-23-9-6-8-22-7-2-3-10-26(22)23)19-38-40-34(39-29-12-5-4-11-27(29)35(40)41)32-18-24-17-25(36)13-14-30(24)44-32/h2-19H,20H2,1H3. The van der Waals surface area contributed by atoms with Crippen LogP contribution in [-0.2, 0) is 6.61 Å². The number of ether oxygens (including phenoxy) is 2. The highest BCUT2D eigenvalue weighted by Gasteiger charge is 2.17. The third kappa shape index (κ3) is 5.37. The molecule has 7 aromatic rings. The van der Waals surface area contributed by atoms with Crippen molar-refractivity contribution in [3.8, 4) is 23.1 Å². The average Bonchev–Trinajstić information content (AvgIpc) is 3.46. The molecule has 2 heterocycles. The van der Waals surface area contributed by atoms with E-state index in [9.17, 15) is 4.79 Å². The number of aromatic nitrogens is 2. The Bertz CT molecular complexity index is 2290. The average molecular weight is 756 g/mol. The molecule has 0 radical (unpaired) electrons. The first-order valence-corrected chi connectivity index (χ1v) is 15.6. The predicted molar refractivity (Wildman–Crippen MR) is 186 cm³/mol. The lowest BCUT2D eigenvalue weighted by molar-refractivity contribution is 0.283. The van der Waals surface area contributed by atoms with E-state index >= 15 is 0 Å². The van der Waals surface area contributed by atoms with E-state index in [4.69, 9.17) is 18.9 Å². The molecule has 0 amide bonds. The highest BCUT2D eigenvalue weighted by atomic mass is 127. The number of fused-ring (bicyclic) bond motifs is 3. The van der Waals surface area contributed by atoms with Crippen LogP contribution in [-0.4, -0.2) is 23.0 Å². The van der Waals surface area contributed by atoms with Gasteiger partial charge in [0, 0.05) is 9.86 Å². The molecule has 216 valence electrons. The van der Waals surface area contributed by atoms with Crippen molar-refractivity contribution in [1.29, 1.82) is 0 Å². The van der Waals surface area contributed by atoms with E-state index < -0.39 is 0 Å². The van der Waals surface area contributed by atoms with Crippen LogP contribution in [0.1, 0.15) is 11.1 Å². The van der Waals surface area contributed by atoms with Gasteiger partial charge in [0.1, 0.15) is 12.2 Å². The van der Waals surface area contributed by atoms with Crippen LogP contribution in [0, 0.1) is 3.57 Å². The summed E-state index contributed by atoms with van der Waals surface area (Å²) in [4.78, 5) is 18.5. The maximum atomic E-state index is 13.7. The van der Waals surface area contributed by atoms with Crippen molar-refractivity contribution < 1.29 is 13.9 Å². The summed E-state index contributed by atoms with van der Waals surface area (Å²) in [6, 6.07) is 33.0. The van der Waals surface area contributed by atoms with Crippen molar-refractivity contribution in [2.45, 2.75) is 6.61 Å². The molecule has 2 aromatic heterocycles. The second-order valence-electron chi connectivity index (χ2n) is 10.1. The molecule has 7 nitrogen and oxygen atoms in total. The van der Waals surface area contributed by atoms with E-state index in [0.29, 0.717) is 46.2 Å². The summed E-state index contributed by atoms with van der Waals surface area (Å²) >= 11 is 5.73. The van der Waals surface area contributed by atoms with Crippen molar-refractivity contribution in [3.63, 3.8) is 0 Å². The SMILES string of the molecule is COc1cc(C=Nn2c(-c3cc4cc(Br)ccc4o3)nc3ccccc3c2=O)cc(I)c1OCc1cccc2ccccc12. The molecule has 0 spiro atoms. The third-order valence-corrected chi connectivity index (χ3v) is 8.57. The van der Waals surface area contributed by atoms with Gasteiger partial charge in [0.2, 0.25) is 5.82 Å². The lowest BCUT2D eigenvalue weighted by Crippen LogP contribution is -2.20. The Morgan fingerprint density at radius 2 is 1.73 bits per heavy atom. The molecule has 9 heteroatoms. The van der Waals surface area contributed by atoms with E-state index in [1.807, 2.05) is 66.7 Å². The molecule has 0 unspecified atom stereocenters. The number of hydrogen-bond donors (Lipinski definition) is 0. The van der Waals surface area contributed by atoms with Crippen molar-refractivity contribution in [2.24, 2.45) is 5.10 Å². The van der Waals surface area contributed by atoms with E-state index in [1.54, 1.807) is 25.5 Å². The molecular formula is C35H23BrIN3O4. The monoisotopic (exact) mass is 755 g/mol. The molecule has 44 heavy (non-hydrogen) atoms. The minimum absolute atomic E-state index is 0.300. The van der Waals surface area contributed by atoms with Gasteiger partial charge in [-0.15, -0.1) is 0 Å². The minimum Gasteiger partial charge on any atom is -0.493 e. The fraction of sp³-hybridized carbons (Fsp3) is 0.0571. The zero-order valence-corrected chi connectivity index (χ0v) is 27.1. The molecule has 5 aromatic carbocycles. The molecule has 7 rings (SSSR count). The van der Waals surface area contributed by atoms with Crippen LogP contribution in [0.5, 0.6) is 11.5 Å². The Morgan fingerprint density at radius 3 is 2.59 bits per heavy atom. The second kappa shape index (κ2) is 11.9. The van der Waals surface area contributed by atoms with Gasteiger partial charge in [0.15, 0.2) is 17.3 Å². The number of hydrogen-bond acceptors (Lipinski definition) is 6. The first-order valence-electron chi connectivity index (χ1n) is 13.7. The van der Waals surface area contributed by atoms with Crippen LogP contribution < -0.4 is 15.0 Å². The maximum Gasteiger partial charge on any atom is 0.282 e. The molecule has 0 saturated carbocycles. The van der Waals surface area contributed by atoms with E-state index in [-0.39, 0.29) is 5.56 Å². The number of furan rings is 1. The fourth-order valence-electron chi connectivity index (χ4n) is 5.16. The van der Waals surface area contributed by atoms with Gasteiger partial charge < -0.3 is 13.9 Å². The minimum atomic E-state index is -0.305. The van der Waals surface area contributed by atoms with Crippen LogP contribution in [0.15, 0.2) is 122 Å². The van der Waals surface area contributed by atoms with Crippen LogP contribution >= 0.6 is 38.5 Å². The van der Waals surface area contributed by atoms with Gasteiger partial charge in [0.25, 0.3) is 5.56 Å². The lowest BCUT2D eigenvalue weighted by Gasteiger charge is -2.14. The van der Waals surface area contributed by atoms with Gasteiger partial charge in [-0.1, -0.05) is 70.5 Å². The zero-order chi connectivity index (χ0) is 30.2. The first-order chi connectivity index (χ1) is 21.5. The largest absolute Gasteiger partial charge is 0.493 e. The summed E-state index contributed by atoms with van der Waals surface area (Å²) in [7, 11) is 1.60. The highest BCUT2D eigenvalue weighted by molar-refractivity contribution is 14.1. The lowest BCUT2D eigenvalue weighted by atomic mass is 10.1. The summed E-state index contributed by atoms with van der Waals surface area (Å²) in [6.45, 7) is 0.386. The number of benzene rings is 5. The number of para-hydroxylation sites is 1. The topological polar surface area (TPSA) is 78.9 Å². The molecule has 0 N–H and O–H groups in total. The zero-order valence-electron chi connectivity index (χ0n) is 23.3. The molecule has 0 atom stereocenters. The maximum absolute atomic E-state index is 13.7. The van der Waals surface area contributed by atoms with Crippen molar-refractivity contribution >= 4 is 77.4 Å². The highest BCUT2D eigenvalue weighted by Crippen LogP contribution is 2.35. The summed E-state index contributed by atoms with van der Waals surface area (Å²) in [6.07, 6.45) is 1.61. The third-order valence-electron chi connectivity index (χ3n) is 7.28. The summed E-state index contributed by atoms with van der Waals surface area (Å²) in [5.41, 5.74) is 2.74.